The maximum absolute atomic E-state index is 11.9. The minimum atomic E-state index is -0.503. The summed E-state index contributed by atoms with van der Waals surface area (Å²) in [4.78, 5) is 24.4. The van der Waals surface area contributed by atoms with Crippen LogP contribution in [0.5, 0.6) is 5.75 Å². The molecule has 0 aliphatic carbocycles. The average Bonchev–Trinajstić information content (AvgIpc) is 3.27. The molecule has 2 rings (SSSR count). The van der Waals surface area contributed by atoms with Crippen molar-refractivity contribution in [2.24, 2.45) is 11.0 Å². The largest absolute Gasteiger partial charge is 0.497 e. The number of rotatable bonds is 12. The Labute approximate surface area is 205 Å². The van der Waals surface area contributed by atoms with Gasteiger partial charge in [-0.25, -0.2) is 5.01 Å². The molecule has 0 fully saturated rings. The van der Waals surface area contributed by atoms with E-state index in [0.29, 0.717) is 25.2 Å². The lowest BCUT2D eigenvalue weighted by Crippen LogP contribution is -2.34. The van der Waals surface area contributed by atoms with E-state index in [1.165, 1.54) is 17.9 Å². The monoisotopic (exact) mass is 484 g/mol. The van der Waals surface area contributed by atoms with Gasteiger partial charge in [0.05, 0.1) is 25.7 Å². The summed E-state index contributed by atoms with van der Waals surface area (Å²) in [5.41, 5.74) is 0.757. The van der Waals surface area contributed by atoms with Crippen LogP contribution in [0.25, 0.3) is 0 Å². The van der Waals surface area contributed by atoms with Crippen LogP contribution in [-0.4, -0.2) is 71.7 Å². The van der Waals surface area contributed by atoms with E-state index in [9.17, 15) is 14.9 Å². The average molecular weight is 485 g/mol. The van der Waals surface area contributed by atoms with Gasteiger partial charge in [0.1, 0.15) is 17.7 Å². The third-order valence-electron chi connectivity index (χ3n) is 5.09. The lowest BCUT2D eigenvalue weighted by molar-refractivity contribution is -0.385. The van der Waals surface area contributed by atoms with Gasteiger partial charge in [-0.3, -0.25) is 19.6 Å². The van der Waals surface area contributed by atoms with Crippen LogP contribution in [0.4, 0.5) is 5.69 Å². The molecule has 0 spiro atoms. The number of amidine groups is 1. The minimum Gasteiger partial charge on any atom is -0.497 e. The number of hydrogen-bond donors (Lipinski definition) is 0. The molecular weight excluding hydrogens is 452 g/mol. The smallest absolute Gasteiger partial charge is 0.318 e. The van der Waals surface area contributed by atoms with Crippen molar-refractivity contribution in [3.63, 3.8) is 0 Å². The molecule has 188 valence electrons. The van der Waals surface area contributed by atoms with E-state index in [0.717, 1.165) is 16.3 Å². The molecule has 1 aromatic heterocycles. The van der Waals surface area contributed by atoms with E-state index < -0.39 is 4.92 Å². The Morgan fingerprint density at radius 1 is 1.29 bits per heavy atom. The van der Waals surface area contributed by atoms with E-state index in [1.807, 2.05) is 56.3 Å². The van der Waals surface area contributed by atoms with Crippen LogP contribution < -0.4 is 4.74 Å². The summed E-state index contributed by atoms with van der Waals surface area (Å²) in [6.07, 6.45) is 7.56. The second-order valence-corrected chi connectivity index (χ2v) is 7.88. The molecule has 0 saturated heterocycles. The fourth-order valence-corrected chi connectivity index (χ4v) is 3.30. The molecule has 0 saturated carbocycles. The molecule has 0 bridgehead atoms. The number of carbonyl (C=O) groups is 1. The second-order valence-electron chi connectivity index (χ2n) is 7.88. The highest BCUT2D eigenvalue weighted by molar-refractivity contribution is 6.00. The highest BCUT2D eigenvalue weighted by Crippen LogP contribution is 2.21. The van der Waals surface area contributed by atoms with Crippen molar-refractivity contribution in [2.75, 3.05) is 34.9 Å². The quantitative estimate of drug-likeness (QED) is 0.0863. The maximum atomic E-state index is 11.9. The fourth-order valence-electron chi connectivity index (χ4n) is 3.30. The first kappa shape index (κ1) is 27.1. The van der Waals surface area contributed by atoms with Gasteiger partial charge in [-0.05, 0) is 42.7 Å². The van der Waals surface area contributed by atoms with Crippen molar-refractivity contribution in [2.45, 2.75) is 20.4 Å². The molecule has 11 nitrogen and oxygen atoms in total. The Bertz CT molecular complexity index is 1090. The number of carbonyl (C=O) groups excluding carboxylic acids is 1. The standard InChI is InChI=1S/C24H32N6O5/c1-7-20(34-5)11-8-18(2)14-27(3)24(26-28(4)17-31)23-22(30(32)33)16-29(25-23)15-19-9-12-21(35-6)13-10-19/h7-13,16-18H,14-15H2,1-6H3/b11-8-,20-7+,26-24-. The van der Waals surface area contributed by atoms with Gasteiger partial charge in [0.25, 0.3) is 0 Å². The molecular formula is C24H32N6O5. The van der Waals surface area contributed by atoms with Gasteiger partial charge in [0.15, 0.2) is 5.84 Å². The molecule has 0 N–H and O–H groups in total. The predicted octanol–water partition coefficient (Wildman–Crippen LogP) is 3.27. The third kappa shape index (κ3) is 7.70. The number of hydrazone groups is 1. The van der Waals surface area contributed by atoms with E-state index in [-0.39, 0.29) is 23.1 Å². The maximum Gasteiger partial charge on any atom is 0.318 e. The number of nitro groups is 1. The number of allylic oxidation sites excluding steroid dienone is 2. The highest BCUT2D eigenvalue weighted by Gasteiger charge is 2.27. The predicted molar refractivity (Wildman–Crippen MR) is 133 cm³/mol. The van der Waals surface area contributed by atoms with Gasteiger partial charge < -0.3 is 14.4 Å². The molecule has 0 aliphatic heterocycles. The number of ether oxygens (including phenoxy) is 2. The summed E-state index contributed by atoms with van der Waals surface area (Å²) in [5.74, 6) is 1.68. The van der Waals surface area contributed by atoms with Gasteiger partial charge in [0, 0.05) is 20.6 Å². The Morgan fingerprint density at radius 3 is 2.51 bits per heavy atom. The topological polar surface area (TPSA) is 115 Å². The van der Waals surface area contributed by atoms with Gasteiger partial charge >= 0.3 is 5.69 Å². The van der Waals surface area contributed by atoms with Crippen molar-refractivity contribution in [3.8, 4) is 5.75 Å². The van der Waals surface area contributed by atoms with Crippen molar-refractivity contribution >= 4 is 17.9 Å². The van der Waals surface area contributed by atoms with Crippen LogP contribution in [0, 0.1) is 16.0 Å². The first-order valence-corrected chi connectivity index (χ1v) is 10.9. The third-order valence-corrected chi connectivity index (χ3v) is 5.09. The zero-order chi connectivity index (χ0) is 26.0. The highest BCUT2D eigenvalue weighted by atomic mass is 16.6. The summed E-state index contributed by atoms with van der Waals surface area (Å²) in [5, 5.41) is 21.7. The number of methoxy groups -OCH3 is 2. The SMILES string of the molecule is C/C=C(\C=C/C(C)CN(C)/C(=N\N(C)C=O)c1nn(Cc2ccc(OC)cc2)cc1[N+](=O)[O-])OC. The molecule has 1 atom stereocenters. The van der Waals surface area contributed by atoms with E-state index in [2.05, 4.69) is 10.2 Å². The van der Waals surface area contributed by atoms with E-state index in [4.69, 9.17) is 9.47 Å². The zero-order valence-corrected chi connectivity index (χ0v) is 20.9. The number of hydrogen-bond acceptors (Lipinski definition) is 7. The Balaban J connectivity index is 2.39. The van der Waals surface area contributed by atoms with Gasteiger partial charge in [-0.15, -0.1) is 0 Å². The number of aromatic nitrogens is 2. The van der Waals surface area contributed by atoms with E-state index in [1.54, 1.807) is 26.2 Å². The molecule has 11 heteroatoms. The van der Waals surface area contributed by atoms with Crippen LogP contribution in [0.15, 0.2) is 59.6 Å². The summed E-state index contributed by atoms with van der Waals surface area (Å²) < 4.78 is 11.9. The molecule has 1 unspecified atom stereocenters. The second kappa shape index (κ2) is 12.9. The molecule has 1 aromatic carbocycles. The Kier molecular flexibility index (Phi) is 10.0. The van der Waals surface area contributed by atoms with Gasteiger partial charge in [-0.1, -0.05) is 25.1 Å². The van der Waals surface area contributed by atoms with Crippen LogP contribution in [-0.2, 0) is 16.1 Å². The summed E-state index contributed by atoms with van der Waals surface area (Å²) in [7, 11) is 6.39. The van der Waals surface area contributed by atoms with Crippen LogP contribution >= 0.6 is 0 Å². The fraction of sp³-hybridized carbons (Fsp3) is 0.375. The Morgan fingerprint density at radius 2 is 1.97 bits per heavy atom. The van der Waals surface area contributed by atoms with Crippen molar-refractivity contribution in [1.29, 1.82) is 0 Å². The van der Waals surface area contributed by atoms with E-state index >= 15 is 0 Å². The van der Waals surface area contributed by atoms with Crippen molar-refractivity contribution < 1.29 is 19.2 Å². The van der Waals surface area contributed by atoms with Crippen LogP contribution in [0.1, 0.15) is 25.1 Å². The van der Waals surface area contributed by atoms with Gasteiger partial charge in [0.2, 0.25) is 12.1 Å². The summed E-state index contributed by atoms with van der Waals surface area (Å²) in [6, 6.07) is 7.34. The zero-order valence-electron chi connectivity index (χ0n) is 20.9. The van der Waals surface area contributed by atoms with Crippen LogP contribution in [0.3, 0.4) is 0 Å². The normalized spacial score (nSPS) is 13.0. The lowest BCUT2D eigenvalue weighted by atomic mass is 10.1. The minimum absolute atomic E-state index is 0.0391. The first-order valence-electron chi connectivity index (χ1n) is 10.9. The molecule has 0 aliphatic rings. The van der Waals surface area contributed by atoms with Crippen molar-refractivity contribution in [1.82, 2.24) is 19.7 Å². The first-order chi connectivity index (χ1) is 16.7. The number of amides is 1. The Hall–Kier alpha value is -4.15. The summed E-state index contributed by atoms with van der Waals surface area (Å²) >= 11 is 0. The van der Waals surface area contributed by atoms with Crippen molar-refractivity contribution in [3.05, 3.63) is 75.8 Å². The molecule has 2 aromatic rings. The van der Waals surface area contributed by atoms with Crippen LogP contribution in [0.2, 0.25) is 0 Å². The molecule has 1 heterocycles. The molecule has 0 radical (unpaired) electrons. The summed E-state index contributed by atoms with van der Waals surface area (Å²) in [6.45, 7) is 4.65. The molecule has 35 heavy (non-hydrogen) atoms. The van der Waals surface area contributed by atoms with Gasteiger partial charge in [-0.2, -0.15) is 10.2 Å². The number of benzene rings is 1. The number of nitrogens with zero attached hydrogens (tertiary/aromatic N) is 6. The lowest BCUT2D eigenvalue weighted by Gasteiger charge is -2.23. The molecule has 1 amide bonds.